The van der Waals surface area contributed by atoms with Gasteiger partial charge < -0.3 is 5.11 Å². The first kappa shape index (κ1) is 13.4. The van der Waals surface area contributed by atoms with Gasteiger partial charge in [0.05, 0.1) is 6.54 Å². The average Bonchev–Trinajstić information content (AvgIpc) is 2.36. The Kier molecular flexibility index (Phi) is 4.30. The van der Waals surface area contributed by atoms with Crippen molar-refractivity contribution in [3.05, 3.63) is 29.8 Å². The molecule has 98 valence electrons. The molecule has 0 spiro atoms. The molecule has 0 bridgehead atoms. The van der Waals surface area contributed by atoms with Crippen LogP contribution in [0.15, 0.2) is 24.3 Å². The summed E-state index contributed by atoms with van der Waals surface area (Å²) in [6.45, 7) is 5.84. The van der Waals surface area contributed by atoms with Crippen LogP contribution in [0.25, 0.3) is 0 Å². The van der Waals surface area contributed by atoms with Crippen molar-refractivity contribution in [2.45, 2.75) is 25.1 Å². The van der Waals surface area contributed by atoms with E-state index in [9.17, 15) is 9.90 Å². The third-order valence-electron chi connectivity index (χ3n) is 3.55. The molecule has 0 amide bonds. The number of rotatable bonds is 3. The third-order valence-corrected chi connectivity index (χ3v) is 4.89. The number of aromatic hydroxyl groups is 1. The highest BCUT2D eigenvalue weighted by Crippen LogP contribution is 2.24. The second kappa shape index (κ2) is 5.76. The van der Waals surface area contributed by atoms with Crippen molar-refractivity contribution in [3.63, 3.8) is 0 Å². The zero-order valence-electron chi connectivity index (χ0n) is 10.8. The molecular formula is C14H19NO2S. The van der Waals surface area contributed by atoms with Crippen LogP contribution in [0.5, 0.6) is 5.75 Å². The minimum atomic E-state index is 0.126. The maximum Gasteiger partial charge on any atom is 0.176 e. The van der Waals surface area contributed by atoms with Gasteiger partial charge in [-0.2, -0.15) is 11.8 Å². The lowest BCUT2D eigenvalue weighted by molar-refractivity contribution is 0.0902. The van der Waals surface area contributed by atoms with Crippen molar-refractivity contribution in [2.24, 2.45) is 0 Å². The molecule has 0 aliphatic carbocycles. The fourth-order valence-electron chi connectivity index (χ4n) is 2.14. The smallest absolute Gasteiger partial charge is 0.176 e. The van der Waals surface area contributed by atoms with Crippen LogP contribution in [0.4, 0.5) is 0 Å². The van der Waals surface area contributed by atoms with Crippen molar-refractivity contribution in [1.82, 2.24) is 4.90 Å². The highest BCUT2D eigenvalue weighted by molar-refractivity contribution is 8.00. The molecule has 1 heterocycles. The van der Waals surface area contributed by atoms with Gasteiger partial charge in [-0.05, 0) is 31.2 Å². The van der Waals surface area contributed by atoms with E-state index in [4.69, 9.17) is 0 Å². The van der Waals surface area contributed by atoms with Crippen LogP contribution < -0.4 is 0 Å². The van der Waals surface area contributed by atoms with Crippen molar-refractivity contribution in [1.29, 1.82) is 0 Å². The van der Waals surface area contributed by atoms with Gasteiger partial charge in [0.15, 0.2) is 5.78 Å². The monoisotopic (exact) mass is 265 g/mol. The second-order valence-electron chi connectivity index (χ2n) is 4.76. The van der Waals surface area contributed by atoms with E-state index in [0.29, 0.717) is 23.4 Å². The molecule has 1 aromatic carbocycles. The van der Waals surface area contributed by atoms with E-state index in [1.165, 1.54) is 0 Å². The Balaban J connectivity index is 2.00. The Morgan fingerprint density at radius 3 is 2.72 bits per heavy atom. The SMILES string of the molecule is CC1SCCN(CC(=O)c2ccc(O)cc2)C1C. The minimum Gasteiger partial charge on any atom is -0.508 e. The predicted octanol–water partition coefficient (Wildman–Crippen LogP) is 2.40. The maximum atomic E-state index is 12.1. The third kappa shape index (κ3) is 3.06. The van der Waals surface area contributed by atoms with Crippen LogP contribution in [0.2, 0.25) is 0 Å². The number of carbonyl (C=O) groups is 1. The van der Waals surface area contributed by atoms with Crippen molar-refractivity contribution in [2.75, 3.05) is 18.8 Å². The molecule has 0 aromatic heterocycles. The summed E-state index contributed by atoms with van der Waals surface area (Å²) in [5.74, 6) is 1.41. The number of carbonyl (C=O) groups excluding carboxylic acids is 1. The van der Waals surface area contributed by atoms with Gasteiger partial charge >= 0.3 is 0 Å². The summed E-state index contributed by atoms with van der Waals surface area (Å²) in [5.41, 5.74) is 0.672. The van der Waals surface area contributed by atoms with Gasteiger partial charge in [0, 0.05) is 29.2 Å². The van der Waals surface area contributed by atoms with E-state index in [1.54, 1.807) is 24.3 Å². The summed E-state index contributed by atoms with van der Waals surface area (Å²) in [7, 11) is 0. The maximum absolute atomic E-state index is 12.1. The fourth-order valence-corrected chi connectivity index (χ4v) is 3.30. The standard InChI is InChI=1S/C14H19NO2S/c1-10-11(2)18-8-7-15(10)9-14(17)12-3-5-13(16)6-4-12/h3-6,10-11,16H,7-9H2,1-2H3. The van der Waals surface area contributed by atoms with E-state index in [1.807, 2.05) is 11.8 Å². The lowest BCUT2D eigenvalue weighted by atomic mass is 10.1. The molecular weight excluding hydrogens is 246 g/mol. The molecule has 1 saturated heterocycles. The molecule has 1 N–H and O–H groups in total. The van der Waals surface area contributed by atoms with Gasteiger partial charge in [-0.1, -0.05) is 6.92 Å². The van der Waals surface area contributed by atoms with Crippen LogP contribution in [0, 0.1) is 0 Å². The number of hydrogen-bond donors (Lipinski definition) is 1. The summed E-state index contributed by atoms with van der Waals surface area (Å²) in [4.78, 5) is 14.4. The predicted molar refractivity (Wildman–Crippen MR) is 75.4 cm³/mol. The zero-order valence-corrected chi connectivity index (χ0v) is 11.6. The molecule has 18 heavy (non-hydrogen) atoms. The molecule has 2 unspecified atom stereocenters. The largest absolute Gasteiger partial charge is 0.508 e. The van der Waals surface area contributed by atoms with E-state index in [-0.39, 0.29) is 11.5 Å². The van der Waals surface area contributed by atoms with E-state index in [0.717, 1.165) is 12.3 Å². The second-order valence-corrected chi connectivity index (χ2v) is 6.24. The number of phenols is 1. The highest BCUT2D eigenvalue weighted by atomic mass is 32.2. The summed E-state index contributed by atoms with van der Waals surface area (Å²) in [6.07, 6.45) is 0. The Bertz CT molecular complexity index is 418. The first-order valence-electron chi connectivity index (χ1n) is 6.26. The molecule has 4 heteroatoms. The molecule has 2 atom stereocenters. The number of phenolic OH excluding ortho intramolecular Hbond substituents is 1. The molecule has 2 rings (SSSR count). The molecule has 0 saturated carbocycles. The summed E-state index contributed by atoms with van der Waals surface area (Å²) >= 11 is 1.97. The summed E-state index contributed by atoms with van der Waals surface area (Å²) < 4.78 is 0. The van der Waals surface area contributed by atoms with Crippen molar-refractivity contribution < 1.29 is 9.90 Å². The lowest BCUT2D eigenvalue weighted by Crippen LogP contribution is -2.46. The van der Waals surface area contributed by atoms with Crippen molar-refractivity contribution in [3.8, 4) is 5.75 Å². The first-order chi connectivity index (χ1) is 8.58. The van der Waals surface area contributed by atoms with E-state index in [2.05, 4.69) is 18.7 Å². The topological polar surface area (TPSA) is 40.5 Å². The summed E-state index contributed by atoms with van der Waals surface area (Å²) in [6, 6.07) is 6.93. The van der Waals surface area contributed by atoms with Gasteiger partial charge in [0.2, 0.25) is 0 Å². The Morgan fingerprint density at radius 1 is 1.39 bits per heavy atom. The average molecular weight is 265 g/mol. The zero-order chi connectivity index (χ0) is 13.1. The highest BCUT2D eigenvalue weighted by Gasteiger charge is 2.26. The van der Waals surface area contributed by atoms with Crippen LogP contribution >= 0.6 is 11.8 Å². The van der Waals surface area contributed by atoms with E-state index >= 15 is 0 Å². The van der Waals surface area contributed by atoms with Crippen LogP contribution in [-0.4, -0.2) is 45.9 Å². The number of thioether (sulfide) groups is 1. The van der Waals surface area contributed by atoms with Crippen LogP contribution in [0.3, 0.4) is 0 Å². The number of ketones is 1. The first-order valence-corrected chi connectivity index (χ1v) is 7.30. The van der Waals surface area contributed by atoms with Gasteiger partial charge in [-0.25, -0.2) is 0 Å². The Labute approximate surface area is 112 Å². The van der Waals surface area contributed by atoms with Gasteiger partial charge in [-0.15, -0.1) is 0 Å². The summed E-state index contributed by atoms with van der Waals surface area (Å²) in [5, 5.41) is 9.79. The van der Waals surface area contributed by atoms with Gasteiger partial charge in [-0.3, -0.25) is 9.69 Å². The molecule has 1 aromatic rings. The quantitative estimate of drug-likeness (QED) is 0.852. The van der Waals surface area contributed by atoms with Crippen LogP contribution in [0.1, 0.15) is 24.2 Å². The number of Topliss-reactive ketones (excluding diaryl/α,β-unsaturated/α-hetero) is 1. The fraction of sp³-hybridized carbons (Fsp3) is 0.500. The van der Waals surface area contributed by atoms with Gasteiger partial charge in [0.25, 0.3) is 0 Å². The molecule has 1 fully saturated rings. The Hall–Kier alpha value is -1.00. The van der Waals surface area contributed by atoms with Crippen LogP contribution in [-0.2, 0) is 0 Å². The van der Waals surface area contributed by atoms with E-state index < -0.39 is 0 Å². The normalized spacial score (nSPS) is 25.0. The molecule has 1 aliphatic rings. The van der Waals surface area contributed by atoms with Gasteiger partial charge in [0.1, 0.15) is 5.75 Å². The minimum absolute atomic E-state index is 0.126. The lowest BCUT2D eigenvalue weighted by Gasteiger charge is -2.36. The molecule has 0 radical (unpaired) electrons. The molecule has 1 aliphatic heterocycles. The molecule has 3 nitrogen and oxygen atoms in total. The Morgan fingerprint density at radius 2 is 2.06 bits per heavy atom. The number of nitrogens with zero attached hydrogens (tertiary/aromatic N) is 1. The number of hydrogen-bond acceptors (Lipinski definition) is 4. The van der Waals surface area contributed by atoms with Crippen molar-refractivity contribution >= 4 is 17.5 Å². The number of benzene rings is 1.